The van der Waals surface area contributed by atoms with Crippen LogP contribution in [0.2, 0.25) is 0 Å². The van der Waals surface area contributed by atoms with Gasteiger partial charge in [0, 0.05) is 43.6 Å². The van der Waals surface area contributed by atoms with Crippen molar-refractivity contribution in [3.63, 3.8) is 0 Å². The Labute approximate surface area is 183 Å². The lowest BCUT2D eigenvalue weighted by Crippen LogP contribution is -2.44. The van der Waals surface area contributed by atoms with Gasteiger partial charge in [-0.2, -0.15) is 9.97 Å². The Morgan fingerprint density at radius 3 is 2.42 bits per heavy atom. The van der Waals surface area contributed by atoms with Crippen LogP contribution >= 0.6 is 0 Å². The Morgan fingerprint density at radius 1 is 1.03 bits per heavy atom. The van der Waals surface area contributed by atoms with Gasteiger partial charge in [0.05, 0.1) is 6.33 Å². The molecule has 1 aliphatic heterocycles. The minimum absolute atomic E-state index is 0.226. The van der Waals surface area contributed by atoms with Crippen LogP contribution in [0.5, 0.6) is 6.01 Å². The van der Waals surface area contributed by atoms with E-state index in [1.165, 1.54) is 12.1 Å². The Balaban J connectivity index is 1.41. The van der Waals surface area contributed by atoms with E-state index in [1.807, 2.05) is 6.33 Å². The number of anilines is 3. The second-order valence-electron chi connectivity index (χ2n) is 8.91. The molecule has 1 saturated carbocycles. The number of aromatic nitrogens is 4. The molecule has 3 aromatic rings. The molecule has 2 aliphatic rings. The lowest BCUT2D eigenvalue weighted by molar-refractivity contribution is 0.109. The number of rotatable bonds is 6. The highest BCUT2D eigenvalue weighted by molar-refractivity contribution is 5.86. The van der Waals surface area contributed by atoms with Crippen LogP contribution in [-0.4, -0.2) is 63.7 Å². The van der Waals surface area contributed by atoms with Gasteiger partial charge in [-0.3, -0.25) is 0 Å². The van der Waals surface area contributed by atoms with Crippen molar-refractivity contribution in [1.29, 1.82) is 0 Å². The van der Waals surface area contributed by atoms with Gasteiger partial charge in [0.25, 0.3) is 0 Å². The van der Waals surface area contributed by atoms with Crippen molar-refractivity contribution in [2.75, 3.05) is 43.4 Å². The first-order valence-electron chi connectivity index (χ1n) is 11.3. The predicted octanol–water partition coefficient (Wildman–Crippen LogP) is 3.83. The Morgan fingerprint density at radius 2 is 1.77 bits per heavy atom. The van der Waals surface area contributed by atoms with Crippen LogP contribution in [0.1, 0.15) is 39.2 Å². The normalized spacial score (nSPS) is 17.9. The van der Waals surface area contributed by atoms with Gasteiger partial charge in [-0.25, -0.2) is 4.98 Å². The summed E-state index contributed by atoms with van der Waals surface area (Å²) in [6.45, 7) is 8.57. The molecule has 0 atom stereocenters. The topological polar surface area (TPSA) is 71.3 Å². The van der Waals surface area contributed by atoms with Gasteiger partial charge in [0.2, 0.25) is 0 Å². The average molecular weight is 422 g/mol. The lowest BCUT2D eigenvalue weighted by Gasteiger charge is -2.34. The Kier molecular flexibility index (Phi) is 5.40. The number of likely N-dealkylation sites (N-methyl/N-ethyl adjacent to an activating group) is 1. The summed E-state index contributed by atoms with van der Waals surface area (Å²) in [7, 11) is 2.18. The second-order valence-corrected chi connectivity index (χ2v) is 8.91. The summed E-state index contributed by atoms with van der Waals surface area (Å²) >= 11 is 0. The van der Waals surface area contributed by atoms with Crippen molar-refractivity contribution in [3.8, 4) is 6.01 Å². The summed E-state index contributed by atoms with van der Waals surface area (Å²) in [5.74, 6) is 0.686. The Bertz CT molecular complexity index is 1030. The molecule has 1 saturated heterocycles. The molecular weight excluding hydrogens is 390 g/mol. The van der Waals surface area contributed by atoms with E-state index < -0.39 is 0 Å². The van der Waals surface area contributed by atoms with E-state index in [4.69, 9.17) is 4.74 Å². The number of nitrogens with one attached hydrogen (secondary N) is 1. The highest BCUT2D eigenvalue weighted by atomic mass is 16.5. The van der Waals surface area contributed by atoms with Crippen molar-refractivity contribution in [1.82, 2.24) is 24.4 Å². The molecule has 164 valence electrons. The first-order valence-corrected chi connectivity index (χ1v) is 11.3. The number of benzene rings is 1. The third-order valence-electron chi connectivity index (χ3n) is 6.28. The van der Waals surface area contributed by atoms with Crippen LogP contribution < -0.4 is 15.0 Å². The highest BCUT2D eigenvalue weighted by Gasteiger charge is 2.23. The molecule has 8 heteroatoms. The van der Waals surface area contributed by atoms with E-state index >= 15 is 0 Å². The molecule has 8 nitrogen and oxygen atoms in total. The first kappa shape index (κ1) is 20.1. The molecule has 1 aliphatic carbocycles. The molecule has 0 bridgehead atoms. The second kappa shape index (κ2) is 8.34. The molecule has 0 unspecified atom stereocenters. The maximum Gasteiger partial charge on any atom is 0.320 e. The summed E-state index contributed by atoms with van der Waals surface area (Å²) < 4.78 is 8.10. The van der Waals surface area contributed by atoms with E-state index in [2.05, 4.69) is 79.8 Å². The van der Waals surface area contributed by atoms with Crippen LogP contribution in [0.3, 0.4) is 0 Å². The number of fused-ring (bicyclic) bond motifs is 1. The van der Waals surface area contributed by atoms with Crippen LogP contribution in [-0.2, 0) is 0 Å². The van der Waals surface area contributed by atoms with Crippen molar-refractivity contribution in [3.05, 3.63) is 30.6 Å². The maximum atomic E-state index is 6.03. The number of imidazole rings is 1. The minimum Gasteiger partial charge on any atom is -0.460 e. The lowest BCUT2D eigenvalue weighted by atomic mass is 9.96. The first-order chi connectivity index (χ1) is 15.1. The standard InChI is InChI=1S/C23H31N7O/c1-16(2)30-15-24-20-21(26-23(27-22(20)30)31-19-5-4-6-19)25-17-7-9-18(10-8-17)29-13-11-28(3)12-14-29/h7-10,15-16,19H,4-6,11-14H2,1-3H3,(H,25,26,27). The fourth-order valence-electron chi connectivity index (χ4n) is 4.01. The molecule has 2 aromatic heterocycles. The van der Waals surface area contributed by atoms with E-state index in [9.17, 15) is 0 Å². The zero-order valence-corrected chi connectivity index (χ0v) is 18.6. The minimum atomic E-state index is 0.226. The van der Waals surface area contributed by atoms with Crippen molar-refractivity contribution >= 4 is 28.4 Å². The zero-order chi connectivity index (χ0) is 21.4. The van der Waals surface area contributed by atoms with Gasteiger partial charge >= 0.3 is 6.01 Å². The van der Waals surface area contributed by atoms with Crippen LogP contribution in [0, 0.1) is 0 Å². The van der Waals surface area contributed by atoms with Gasteiger partial charge < -0.3 is 24.4 Å². The maximum absolute atomic E-state index is 6.03. The zero-order valence-electron chi connectivity index (χ0n) is 18.6. The molecule has 0 spiro atoms. The molecule has 0 amide bonds. The van der Waals surface area contributed by atoms with Gasteiger partial charge in [-0.15, -0.1) is 0 Å². The SMILES string of the molecule is CC(C)n1cnc2c(Nc3ccc(N4CCN(C)CC4)cc3)nc(OC3CCC3)nc21. The fourth-order valence-corrected chi connectivity index (χ4v) is 4.01. The van der Waals surface area contributed by atoms with E-state index in [0.717, 1.165) is 55.9 Å². The number of hydrogen-bond acceptors (Lipinski definition) is 7. The van der Waals surface area contributed by atoms with Gasteiger partial charge in [-0.1, -0.05) is 0 Å². The number of ether oxygens (including phenoxy) is 1. The molecule has 0 radical (unpaired) electrons. The monoisotopic (exact) mass is 421 g/mol. The molecular formula is C23H31N7O. The summed E-state index contributed by atoms with van der Waals surface area (Å²) in [5.41, 5.74) is 3.80. The van der Waals surface area contributed by atoms with E-state index in [1.54, 1.807) is 0 Å². The third kappa shape index (κ3) is 4.17. The smallest absolute Gasteiger partial charge is 0.320 e. The van der Waals surface area contributed by atoms with Gasteiger partial charge in [0.15, 0.2) is 17.0 Å². The van der Waals surface area contributed by atoms with Crippen molar-refractivity contribution in [2.45, 2.75) is 45.3 Å². The fraction of sp³-hybridized carbons (Fsp3) is 0.522. The number of piperazine rings is 1. The average Bonchev–Trinajstić information content (AvgIpc) is 3.17. The molecule has 1 N–H and O–H groups in total. The number of nitrogens with zero attached hydrogens (tertiary/aromatic N) is 6. The van der Waals surface area contributed by atoms with Crippen LogP contribution in [0.15, 0.2) is 30.6 Å². The summed E-state index contributed by atoms with van der Waals surface area (Å²) in [6, 6.07) is 9.24. The molecule has 5 rings (SSSR count). The molecule has 3 heterocycles. The summed E-state index contributed by atoms with van der Waals surface area (Å²) in [6.07, 6.45) is 5.41. The van der Waals surface area contributed by atoms with Crippen molar-refractivity contribution < 1.29 is 4.74 Å². The van der Waals surface area contributed by atoms with Crippen LogP contribution in [0.4, 0.5) is 17.2 Å². The van der Waals surface area contributed by atoms with E-state index in [0.29, 0.717) is 11.8 Å². The summed E-state index contributed by atoms with van der Waals surface area (Å²) in [4.78, 5) is 18.7. The van der Waals surface area contributed by atoms with Crippen molar-refractivity contribution in [2.24, 2.45) is 0 Å². The molecule has 1 aromatic carbocycles. The quantitative estimate of drug-likeness (QED) is 0.648. The third-order valence-corrected chi connectivity index (χ3v) is 6.28. The van der Waals surface area contributed by atoms with Gasteiger partial charge in [0.1, 0.15) is 6.10 Å². The van der Waals surface area contributed by atoms with E-state index in [-0.39, 0.29) is 12.1 Å². The summed E-state index contributed by atoms with van der Waals surface area (Å²) in [5, 5.41) is 3.45. The Hall–Kier alpha value is -2.87. The molecule has 2 fully saturated rings. The molecule has 31 heavy (non-hydrogen) atoms. The highest BCUT2D eigenvalue weighted by Crippen LogP contribution is 2.30. The number of hydrogen-bond donors (Lipinski definition) is 1. The van der Waals surface area contributed by atoms with Gasteiger partial charge in [-0.05, 0) is 64.4 Å². The van der Waals surface area contributed by atoms with Crippen LogP contribution in [0.25, 0.3) is 11.2 Å². The largest absolute Gasteiger partial charge is 0.460 e. The predicted molar refractivity (Wildman–Crippen MR) is 123 cm³/mol.